The van der Waals surface area contributed by atoms with E-state index in [1.165, 1.54) is 11.3 Å². The lowest BCUT2D eigenvalue weighted by molar-refractivity contribution is 0.0967. The zero-order chi connectivity index (χ0) is 18.7. The second kappa shape index (κ2) is 7.45. The van der Waals surface area contributed by atoms with Gasteiger partial charge in [-0.1, -0.05) is 6.07 Å². The lowest BCUT2D eigenvalue weighted by Crippen LogP contribution is -2.34. The van der Waals surface area contributed by atoms with Gasteiger partial charge in [-0.2, -0.15) is 0 Å². The normalized spacial score (nSPS) is 10.4. The summed E-state index contributed by atoms with van der Waals surface area (Å²) < 4.78 is 0. The van der Waals surface area contributed by atoms with E-state index in [1.807, 2.05) is 38.3 Å². The van der Waals surface area contributed by atoms with Gasteiger partial charge < -0.3 is 0 Å². The maximum Gasteiger partial charge on any atom is 0.327 e. The highest BCUT2D eigenvalue weighted by Gasteiger charge is 2.14. The van der Waals surface area contributed by atoms with Crippen molar-refractivity contribution < 1.29 is 9.59 Å². The molecular formula is C19H18N4O2S. The number of benzene rings is 1. The van der Waals surface area contributed by atoms with Crippen molar-refractivity contribution in [2.45, 2.75) is 20.8 Å². The van der Waals surface area contributed by atoms with E-state index >= 15 is 0 Å². The third-order valence-corrected chi connectivity index (χ3v) is 4.63. The standard InChI is InChI=1S/C19H18N4O2S/c1-11-6-14(16-9-20-5-4-12(16)2)8-15(7-11)17(24)22-18(25)23-19-21-13(3)10-26-19/h4-10H,1-3H3,(H2,21,22,23,24,25). The predicted octanol–water partition coefficient (Wildman–Crippen LogP) is 4.09. The summed E-state index contributed by atoms with van der Waals surface area (Å²) in [5.41, 5.74) is 5.05. The molecule has 7 heteroatoms. The van der Waals surface area contributed by atoms with E-state index in [0.717, 1.165) is 27.9 Å². The van der Waals surface area contributed by atoms with E-state index in [1.54, 1.807) is 24.5 Å². The van der Waals surface area contributed by atoms with Crippen molar-refractivity contribution in [2.24, 2.45) is 0 Å². The number of carbonyl (C=O) groups excluding carboxylic acids is 2. The third-order valence-electron chi connectivity index (χ3n) is 3.76. The number of thiazole rings is 1. The van der Waals surface area contributed by atoms with Gasteiger partial charge in [0, 0.05) is 28.9 Å². The summed E-state index contributed by atoms with van der Waals surface area (Å²) in [5, 5.41) is 7.16. The van der Waals surface area contributed by atoms with Gasteiger partial charge in [0.25, 0.3) is 5.91 Å². The Labute approximate surface area is 155 Å². The van der Waals surface area contributed by atoms with Crippen molar-refractivity contribution in [3.63, 3.8) is 0 Å². The molecule has 3 rings (SSSR count). The van der Waals surface area contributed by atoms with Crippen LogP contribution in [0.3, 0.4) is 0 Å². The predicted molar refractivity (Wildman–Crippen MR) is 102 cm³/mol. The van der Waals surface area contributed by atoms with Crippen LogP contribution >= 0.6 is 11.3 Å². The van der Waals surface area contributed by atoms with Gasteiger partial charge in [0.15, 0.2) is 5.13 Å². The molecule has 0 aliphatic heterocycles. The third kappa shape index (κ3) is 4.12. The van der Waals surface area contributed by atoms with E-state index in [2.05, 4.69) is 20.6 Å². The van der Waals surface area contributed by atoms with Crippen LogP contribution in [0.5, 0.6) is 0 Å². The van der Waals surface area contributed by atoms with Crippen molar-refractivity contribution in [3.05, 3.63) is 64.4 Å². The molecule has 1 aromatic carbocycles. The van der Waals surface area contributed by atoms with Crippen molar-refractivity contribution in [2.75, 3.05) is 5.32 Å². The van der Waals surface area contributed by atoms with Crippen LogP contribution in [0, 0.1) is 20.8 Å². The van der Waals surface area contributed by atoms with E-state index in [4.69, 9.17) is 0 Å². The van der Waals surface area contributed by atoms with Gasteiger partial charge in [0.1, 0.15) is 0 Å². The summed E-state index contributed by atoms with van der Waals surface area (Å²) in [6.07, 6.45) is 3.50. The maximum absolute atomic E-state index is 12.5. The van der Waals surface area contributed by atoms with Gasteiger partial charge in [-0.25, -0.2) is 9.78 Å². The molecule has 0 fully saturated rings. The quantitative estimate of drug-likeness (QED) is 0.731. The number of imide groups is 1. The van der Waals surface area contributed by atoms with Crippen molar-refractivity contribution >= 4 is 28.4 Å². The number of hydrogen-bond acceptors (Lipinski definition) is 5. The molecule has 2 N–H and O–H groups in total. The Bertz CT molecular complexity index is 981. The van der Waals surface area contributed by atoms with Crippen LogP contribution in [0.25, 0.3) is 11.1 Å². The molecule has 0 atom stereocenters. The Morgan fingerprint density at radius 1 is 1.12 bits per heavy atom. The Hall–Kier alpha value is -3.06. The second-order valence-corrected chi connectivity index (χ2v) is 6.84. The molecule has 3 aromatic rings. The number of urea groups is 1. The maximum atomic E-state index is 12.5. The summed E-state index contributed by atoms with van der Waals surface area (Å²) in [6.45, 7) is 5.73. The fourth-order valence-corrected chi connectivity index (χ4v) is 3.23. The van der Waals surface area contributed by atoms with Crippen LogP contribution in [-0.2, 0) is 0 Å². The first-order chi connectivity index (χ1) is 12.4. The van der Waals surface area contributed by atoms with Crippen LogP contribution in [0.1, 0.15) is 27.2 Å². The molecule has 0 bridgehead atoms. The number of nitrogens with one attached hydrogen (secondary N) is 2. The Morgan fingerprint density at radius 2 is 1.92 bits per heavy atom. The Kier molecular flexibility index (Phi) is 5.09. The van der Waals surface area contributed by atoms with Gasteiger partial charge in [-0.15, -0.1) is 11.3 Å². The van der Waals surface area contributed by atoms with Gasteiger partial charge in [-0.05, 0) is 55.7 Å². The van der Waals surface area contributed by atoms with E-state index in [0.29, 0.717) is 10.7 Å². The molecule has 2 aromatic heterocycles. The van der Waals surface area contributed by atoms with Crippen molar-refractivity contribution in [1.82, 2.24) is 15.3 Å². The number of anilines is 1. The zero-order valence-corrected chi connectivity index (χ0v) is 15.5. The molecule has 2 heterocycles. The fourth-order valence-electron chi connectivity index (χ4n) is 2.55. The first-order valence-corrected chi connectivity index (χ1v) is 8.87. The lowest BCUT2D eigenvalue weighted by atomic mass is 9.98. The molecular weight excluding hydrogens is 348 g/mol. The van der Waals surface area contributed by atoms with Crippen LogP contribution in [0.4, 0.5) is 9.93 Å². The number of nitrogens with zero attached hydrogens (tertiary/aromatic N) is 2. The van der Waals surface area contributed by atoms with Gasteiger partial charge in [0.2, 0.25) is 0 Å². The van der Waals surface area contributed by atoms with Gasteiger partial charge in [-0.3, -0.25) is 20.4 Å². The highest BCUT2D eigenvalue weighted by Crippen LogP contribution is 2.24. The number of hydrogen-bond donors (Lipinski definition) is 2. The molecule has 3 amide bonds. The molecule has 6 nitrogen and oxygen atoms in total. The monoisotopic (exact) mass is 366 g/mol. The zero-order valence-electron chi connectivity index (χ0n) is 14.7. The average molecular weight is 366 g/mol. The molecule has 0 saturated carbocycles. The number of amides is 3. The fraction of sp³-hybridized carbons (Fsp3) is 0.158. The topological polar surface area (TPSA) is 84.0 Å². The van der Waals surface area contributed by atoms with Gasteiger partial charge >= 0.3 is 6.03 Å². The number of aryl methyl sites for hydroxylation is 3. The minimum absolute atomic E-state index is 0.411. The molecule has 0 radical (unpaired) electrons. The first kappa shape index (κ1) is 17.8. The molecule has 0 unspecified atom stereocenters. The van der Waals surface area contributed by atoms with E-state index < -0.39 is 11.9 Å². The van der Waals surface area contributed by atoms with E-state index in [9.17, 15) is 9.59 Å². The summed E-state index contributed by atoms with van der Waals surface area (Å²) in [6, 6.07) is 6.79. The molecule has 0 spiro atoms. The van der Waals surface area contributed by atoms with Crippen LogP contribution in [0.2, 0.25) is 0 Å². The summed E-state index contributed by atoms with van der Waals surface area (Å²) in [4.78, 5) is 32.8. The molecule has 0 saturated heterocycles. The number of rotatable bonds is 3. The number of pyridine rings is 1. The van der Waals surface area contributed by atoms with Crippen LogP contribution in [0.15, 0.2) is 42.0 Å². The molecule has 132 valence electrons. The molecule has 0 aliphatic carbocycles. The SMILES string of the molecule is Cc1cc(C(=O)NC(=O)Nc2nc(C)cs2)cc(-c2cnccc2C)c1. The second-order valence-electron chi connectivity index (χ2n) is 5.98. The van der Waals surface area contributed by atoms with Crippen molar-refractivity contribution in [1.29, 1.82) is 0 Å². The number of carbonyl (C=O) groups is 2. The molecule has 0 aliphatic rings. The van der Waals surface area contributed by atoms with Crippen LogP contribution in [-0.4, -0.2) is 21.9 Å². The summed E-state index contributed by atoms with van der Waals surface area (Å²) >= 11 is 1.30. The Balaban J connectivity index is 1.79. The summed E-state index contributed by atoms with van der Waals surface area (Å²) in [5.74, 6) is -0.470. The van der Waals surface area contributed by atoms with Crippen molar-refractivity contribution in [3.8, 4) is 11.1 Å². The average Bonchev–Trinajstić information content (AvgIpc) is 2.99. The largest absolute Gasteiger partial charge is 0.327 e. The van der Waals surface area contributed by atoms with E-state index in [-0.39, 0.29) is 0 Å². The summed E-state index contributed by atoms with van der Waals surface area (Å²) in [7, 11) is 0. The lowest BCUT2D eigenvalue weighted by Gasteiger charge is -2.10. The highest BCUT2D eigenvalue weighted by atomic mass is 32.1. The number of aromatic nitrogens is 2. The first-order valence-electron chi connectivity index (χ1n) is 7.99. The van der Waals surface area contributed by atoms with Crippen LogP contribution < -0.4 is 10.6 Å². The molecule has 26 heavy (non-hydrogen) atoms. The van der Waals surface area contributed by atoms with Gasteiger partial charge in [0.05, 0.1) is 5.69 Å². The minimum Gasteiger partial charge on any atom is -0.283 e. The Morgan fingerprint density at radius 3 is 2.62 bits per heavy atom. The smallest absolute Gasteiger partial charge is 0.283 e. The minimum atomic E-state index is -0.607. The highest BCUT2D eigenvalue weighted by molar-refractivity contribution is 7.13.